The van der Waals surface area contributed by atoms with Crippen molar-refractivity contribution in [3.8, 4) is 5.75 Å². The van der Waals surface area contributed by atoms with Crippen LogP contribution < -0.4 is 14.5 Å². The molecular weight excluding hydrogens is 458 g/mol. The maximum absolute atomic E-state index is 11.0. The van der Waals surface area contributed by atoms with Gasteiger partial charge in [0.05, 0.1) is 18.7 Å². The number of aromatic nitrogens is 1. The van der Waals surface area contributed by atoms with Crippen molar-refractivity contribution in [3.05, 3.63) is 69.2 Å². The van der Waals surface area contributed by atoms with Gasteiger partial charge in [-0.1, -0.05) is 23.7 Å². The summed E-state index contributed by atoms with van der Waals surface area (Å²) in [6.45, 7) is 8.35. The molecule has 8 heteroatoms. The van der Waals surface area contributed by atoms with E-state index >= 15 is 0 Å². The summed E-state index contributed by atoms with van der Waals surface area (Å²) in [5.74, 6) is -0.107. The van der Waals surface area contributed by atoms with Gasteiger partial charge in [0.15, 0.2) is 5.13 Å². The first-order valence-electron chi connectivity index (χ1n) is 11.0. The number of nitrogens with zero attached hydrogens (tertiary/aromatic N) is 3. The number of benzene rings is 2. The second-order valence-electron chi connectivity index (χ2n) is 8.22. The fraction of sp³-hybridized carbons (Fsp3) is 0.360. The first-order valence-corrected chi connectivity index (χ1v) is 12.2. The molecule has 1 aliphatic rings. The van der Waals surface area contributed by atoms with E-state index in [0.717, 1.165) is 65.3 Å². The molecule has 2 aromatic carbocycles. The minimum atomic E-state index is -0.843. The van der Waals surface area contributed by atoms with Crippen LogP contribution in [-0.2, 0) is 17.6 Å². The standard InChI is InChI=1S/C25H28ClN3O3S/c1-17-3-4-19(16-24(30)31)15-23(17)32-14-9-22-18(2)33-25(27-22)29-12-10-28(11-13-29)21-7-5-20(26)6-8-21/h3-8,15H,9-14,16H2,1-2H3,(H,30,31). The molecular formula is C25H28ClN3O3S. The molecule has 0 bridgehead atoms. The molecule has 1 N–H and O–H groups in total. The Morgan fingerprint density at radius 3 is 2.48 bits per heavy atom. The molecule has 2 heterocycles. The third-order valence-corrected chi connectivity index (χ3v) is 7.15. The second kappa shape index (κ2) is 10.4. The van der Waals surface area contributed by atoms with Gasteiger partial charge in [-0.3, -0.25) is 4.79 Å². The van der Waals surface area contributed by atoms with Gasteiger partial charge in [0.25, 0.3) is 0 Å². The Kier molecular flexibility index (Phi) is 7.40. The van der Waals surface area contributed by atoms with Gasteiger partial charge in [0, 0.05) is 48.2 Å². The van der Waals surface area contributed by atoms with Crippen molar-refractivity contribution in [3.63, 3.8) is 0 Å². The smallest absolute Gasteiger partial charge is 0.307 e. The summed E-state index contributed by atoms with van der Waals surface area (Å²) < 4.78 is 5.99. The van der Waals surface area contributed by atoms with E-state index in [-0.39, 0.29) is 6.42 Å². The van der Waals surface area contributed by atoms with Crippen molar-refractivity contribution in [2.24, 2.45) is 0 Å². The summed E-state index contributed by atoms with van der Waals surface area (Å²) in [4.78, 5) is 21.8. The highest BCUT2D eigenvalue weighted by Gasteiger charge is 2.21. The zero-order valence-corrected chi connectivity index (χ0v) is 20.5. The predicted molar refractivity (Wildman–Crippen MR) is 134 cm³/mol. The van der Waals surface area contributed by atoms with Gasteiger partial charge >= 0.3 is 5.97 Å². The molecule has 0 spiro atoms. The Balaban J connectivity index is 1.32. The SMILES string of the molecule is Cc1ccc(CC(=O)O)cc1OCCc1nc(N2CCN(c3ccc(Cl)cc3)CC2)sc1C. The number of aliphatic carboxylic acids is 1. The number of hydrogen-bond donors (Lipinski definition) is 1. The van der Waals surface area contributed by atoms with E-state index in [0.29, 0.717) is 6.61 Å². The molecule has 3 aromatic rings. The molecule has 174 valence electrons. The van der Waals surface area contributed by atoms with E-state index in [9.17, 15) is 4.79 Å². The number of anilines is 2. The fourth-order valence-electron chi connectivity index (χ4n) is 3.93. The summed E-state index contributed by atoms with van der Waals surface area (Å²) in [5.41, 5.74) is 4.01. The first kappa shape index (κ1) is 23.4. The number of carboxylic acid groups (broad SMARTS) is 1. The summed E-state index contributed by atoms with van der Waals surface area (Å²) in [7, 11) is 0. The van der Waals surface area contributed by atoms with Crippen LogP contribution in [0.3, 0.4) is 0 Å². The molecule has 4 rings (SSSR count). The van der Waals surface area contributed by atoms with Crippen molar-refractivity contribution in [2.45, 2.75) is 26.7 Å². The molecule has 1 saturated heterocycles. The molecule has 0 atom stereocenters. The number of piperazine rings is 1. The zero-order chi connectivity index (χ0) is 23.4. The Bertz CT molecular complexity index is 1110. The van der Waals surface area contributed by atoms with Crippen LogP contribution in [0.4, 0.5) is 10.8 Å². The van der Waals surface area contributed by atoms with Crippen LogP contribution in [0.5, 0.6) is 5.75 Å². The molecule has 0 amide bonds. The number of carbonyl (C=O) groups is 1. The van der Waals surface area contributed by atoms with Crippen molar-refractivity contribution >= 4 is 39.7 Å². The van der Waals surface area contributed by atoms with Crippen LogP contribution in [0.25, 0.3) is 0 Å². The van der Waals surface area contributed by atoms with Crippen molar-refractivity contribution < 1.29 is 14.6 Å². The van der Waals surface area contributed by atoms with Gasteiger partial charge in [0.2, 0.25) is 0 Å². The summed E-state index contributed by atoms with van der Waals surface area (Å²) in [6.07, 6.45) is 0.714. The summed E-state index contributed by atoms with van der Waals surface area (Å²) in [5, 5.41) is 10.8. The van der Waals surface area contributed by atoms with Crippen LogP contribution in [-0.4, -0.2) is 48.8 Å². The molecule has 1 aliphatic heterocycles. The van der Waals surface area contributed by atoms with Crippen molar-refractivity contribution in [1.29, 1.82) is 0 Å². The van der Waals surface area contributed by atoms with E-state index in [4.69, 9.17) is 26.4 Å². The maximum Gasteiger partial charge on any atom is 0.307 e. The number of aryl methyl sites for hydroxylation is 2. The lowest BCUT2D eigenvalue weighted by Gasteiger charge is -2.36. The second-order valence-corrected chi connectivity index (χ2v) is 9.84. The Hall–Kier alpha value is -2.77. The van der Waals surface area contributed by atoms with Gasteiger partial charge in [-0.15, -0.1) is 11.3 Å². The van der Waals surface area contributed by atoms with Gasteiger partial charge in [-0.05, 0) is 55.3 Å². The quantitative estimate of drug-likeness (QED) is 0.485. The average Bonchev–Trinajstić information content (AvgIpc) is 3.17. The van der Waals surface area contributed by atoms with Gasteiger partial charge in [-0.2, -0.15) is 0 Å². The molecule has 33 heavy (non-hydrogen) atoms. The first-order chi connectivity index (χ1) is 15.9. The number of carboxylic acids is 1. The number of hydrogen-bond acceptors (Lipinski definition) is 6. The normalized spacial score (nSPS) is 13.9. The lowest BCUT2D eigenvalue weighted by Crippen LogP contribution is -2.46. The third-order valence-electron chi connectivity index (χ3n) is 5.83. The molecule has 6 nitrogen and oxygen atoms in total. The minimum absolute atomic E-state index is 0.00350. The van der Waals surface area contributed by atoms with E-state index < -0.39 is 5.97 Å². The topological polar surface area (TPSA) is 65.9 Å². The predicted octanol–water partition coefficient (Wildman–Crippen LogP) is 4.99. The van der Waals surface area contributed by atoms with Crippen LogP contribution in [0, 0.1) is 13.8 Å². The number of halogens is 1. The molecule has 0 saturated carbocycles. The van der Waals surface area contributed by atoms with E-state index in [1.807, 2.05) is 37.3 Å². The Morgan fingerprint density at radius 2 is 1.79 bits per heavy atom. The largest absolute Gasteiger partial charge is 0.493 e. The molecule has 1 aromatic heterocycles. The van der Waals surface area contributed by atoms with E-state index in [2.05, 4.69) is 28.9 Å². The van der Waals surface area contributed by atoms with Crippen molar-refractivity contribution in [2.75, 3.05) is 42.6 Å². The number of rotatable bonds is 8. The van der Waals surface area contributed by atoms with Gasteiger partial charge in [-0.25, -0.2) is 4.98 Å². The molecule has 0 radical (unpaired) electrons. The molecule has 0 aliphatic carbocycles. The van der Waals surface area contributed by atoms with Crippen LogP contribution in [0.15, 0.2) is 42.5 Å². The van der Waals surface area contributed by atoms with Crippen LogP contribution >= 0.6 is 22.9 Å². The van der Waals surface area contributed by atoms with Crippen LogP contribution in [0.1, 0.15) is 21.7 Å². The lowest BCUT2D eigenvalue weighted by molar-refractivity contribution is -0.136. The molecule has 0 unspecified atom stereocenters. The number of ether oxygens (including phenoxy) is 1. The lowest BCUT2D eigenvalue weighted by atomic mass is 10.1. The zero-order valence-electron chi connectivity index (χ0n) is 18.9. The maximum atomic E-state index is 11.0. The monoisotopic (exact) mass is 485 g/mol. The minimum Gasteiger partial charge on any atom is -0.493 e. The fourth-order valence-corrected chi connectivity index (χ4v) is 5.06. The Morgan fingerprint density at radius 1 is 1.09 bits per heavy atom. The van der Waals surface area contributed by atoms with E-state index in [1.165, 1.54) is 10.6 Å². The highest BCUT2D eigenvalue weighted by atomic mass is 35.5. The Labute approximate surface area is 203 Å². The van der Waals surface area contributed by atoms with Gasteiger partial charge in [0.1, 0.15) is 5.75 Å². The summed E-state index contributed by atoms with van der Waals surface area (Å²) >= 11 is 7.75. The highest BCUT2D eigenvalue weighted by molar-refractivity contribution is 7.15. The van der Waals surface area contributed by atoms with E-state index in [1.54, 1.807) is 11.3 Å². The highest BCUT2D eigenvalue weighted by Crippen LogP contribution is 2.28. The molecule has 1 fully saturated rings. The van der Waals surface area contributed by atoms with Crippen LogP contribution in [0.2, 0.25) is 5.02 Å². The third kappa shape index (κ3) is 5.97. The van der Waals surface area contributed by atoms with Crippen molar-refractivity contribution in [1.82, 2.24) is 4.98 Å². The van der Waals surface area contributed by atoms with Gasteiger partial charge < -0.3 is 19.6 Å². The summed E-state index contributed by atoms with van der Waals surface area (Å²) in [6, 6.07) is 13.6. The average molecular weight is 486 g/mol. The number of thiazole rings is 1.